The monoisotopic (exact) mass is 339 g/mol. The number of carbonyl (C=O) groups excluding carboxylic acids is 1. The number of ether oxygens (including phenoxy) is 1. The number of cyclic esters (lactones) is 1. The molecule has 0 spiro atoms. The van der Waals surface area contributed by atoms with Gasteiger partial charge in [-0.05, 0) is 35.4 Å². The molecule has 1 heterocycles. The number of alkyl carbamates (subject to hydrolysis) is 1. The van der Waals surface area contributed by atoms with Crippen molar-refractivity contribution >= 4 is 6.09 Å². The van der Waals surface area contributed by atoms with Gasteiger partial charge in [0.05, 0.1) is 6.04 Å². The average Bonchev–Trinajstić information content (AvgIpc) is 3.10. The van der Waals surface area contributed by atoms with Crippen LogP contribution in [0.4, 0.5) is 4.79 Å². The number of hydrogen-bond acceptors (Lipinski definition) is 2. The number of hydrogen-bond donors (Lipinski definition) is 1. The maximum absolute atomic E-state index is 11.8. The van der Waals surface area contributed by atoms with Crippen LogP contribution in [0.15, 0.2) is 84.9 Å². The minimum absolute atomic E-state index is 0.233. The third-order valence-corrected chi connectivity index (χ3v) is 4.31. The predicted octanol–water partition coefficient (Wildman–Crippen LogP) is 4.61. The third-order valence-electron chi connectivity index (χ3n) is 4.31. The Kier molecular flexibility index (Phi) is 4.40. The number of rotatable bonds is 2. The summed E-state index contributed by atoms with van der Waals surface area (Å²) in [4.78, 5) is 11.8. The lowest BCUT2D eigenvalue weighted by molar-refractivity contribution is 0.132. The van der Waals surface area contributed by atoms with Crippen LogP contribution in [-0.4, -0.2) is 6.09 Å². The Morgan fingerprint density at radius 3 is 2.12 bits per heavy atom. The molecular weight excluding hydrogens is 322 g/mol. The second kappa shape index (κ2) is 7.16. The lowest BCUT2D eigenvalue weighted by atomic mass is 9.95. The Morgan fingerprint density at radius 1 is 0.731 bits per heavy atom. The zero-order chi connectivity index (χ0) is 17.8. The van der Waals surface area contributed by atoms with Crippen molar-refractivity contribution in [2.24, 2.45) is 0 Å². The lowest BCUT2D eigenvalue weighted by Crippen LogP contribution is -2.19. The molecule has 0 aliphatic carbocycles. The van der Waals surface area contributed by atoms with Crippen LogP contribution in [0.5, 0.6) is 0 Å². The average molecular weight is 339 g/mol. The van der Waals surface area contributed by atoms with Crippen LogP contribution >= 0.6 is 0 Å². The van der Waals surface area contributed by atoms with Gasteiger partial charge in [0.2, 0.25) is 0 Å². The molecule has 3 heteroatoms. The molecule has 0 radical (unpaired) electrons. The molecular formula is C23H17NO2. The molecule has 2 unspecified atom stereocenters. The van der Waals surface area contributed by atoms with Crippen molar-refractivity contribution in [3.05, 3.63) is 107 Å². The molecule has 3 aromatic carbocycles. The minimum atomic E-state index is -0.398. The summed E-state index contributed by atoms with van der Waals surface area (Å²) in [7, 11) is 0. The fraction of sp³-hybridized carbons (Fsp3) is 0.0870. The Bertz CT molecular complexity index is 971. The van der Waals surface area contributed by atoms with Crippen LogP contribution in [0, 0.1) is 11.8 Å². The summed E-state index contributed by atoms with van der Waals surface area (Å²) in [5.41, 5.74) is 3.82. The molecule has 3 aromatic rings. The first-order valence-electron chi connectivity index (χ1n) is 8.49. The lowest BCUT2D eigenvalue weighted by Gasteiger charge is -2.17. The Labute approximate surface area is 152 Å². The highest BCUT2D eigenvalue weighted by Crippen LogP contribution is 2.36. The maximum Gasteiger partial charge on any atom is 0.408 e. The molecule has 4 rings (SSSR count). The van der Waals surface area contributed by atoms with Crippen LogP contribution in [0.2, 0.25) is 0 Å². The fourth-order valence-corrected chi connectivity index (χ4v) is 3.06. The van der Waals surface area contributed by atoms with E-state index in [4.69, 9.17) is 4.74 Å². The molecule has 0 bridgehead atoms. The van der Waals surface area contributed by atoms with E-state index >= 15 is 0 Å². The molecule has 1 saturated heterocycles. The number of carbonyl (C=O) groups is 1. The van der Waals surface area contributed by atoms with Gasteiger partial charge in [-0.2, -0.15) is 0 Å². The van der Waals surface area contributed by atoms with Gasteiger partial charge in [-0.25, -0.2) is 4.79 Å². The SMILES string of the molecule is O=C1NC(c2cccc(C#Cc3ccccc3)c2)C(c2ccccc2)O1. The predicted molar refractivity (Wildman–Crippen MR) is 100 cm³/mol. The Hall–Kier alpha value is -3.51. The fourth-order valence-electron chi connectivity index (χ4n) is 3.06. The highest BCUT2D eigenvalue weighted by molar-refractivity contribution is 5.71. The molecule has 2 atom stereocenters. The second-order valence-electron chi connectivity index (χ2n) is 6.10. The zero-order valence-corrected chi connectivity index (χ0v) is 14.1. The molecule has 1 fully saturated rings. The van der Waals surface area contributed by atoms with Gasteiger partial charge in [-0.1, -0.05) is 72.5 Å². The summed E-state index contributed by atoms with van der Waals surface area (Å²) < 4.78 is 5.50. The Morgan fingerprint density at radius 2 is 1.35 bits per heavy atom. The summed E-state index contributed by atoms with van der Waals surface area (Å²) in [6, 6.07) is 27.3. The Balaban J connectivity index is 1.63. The molecule has 1 amide bonds. The first kappa shape index (κ1) is 16.0. The number of benzene rings is 3. The van der Waals surface area contributed by atoms with Gasteiger partial charge in [0, 0.05) is 11.1 Å². The van der Waals surface area contributed by atoms with E-state index in [0.29, 0.717) is 0 Å². The maximum atomic E-state index is 11.8. The van der Waals surface area contributed by atoms with Crippen molar-refractivity contribution in [2.45, 2.75) is 12.1 Å². The van der Waals surface area contributed by atoms with E-state index in [1.54, 1.807) is 0 Å². The van der Waals surface area contributed by atoms with Crippen molar-refractivity contribution in [3.8, 4) is 11.8 Å². The molecule has 126 valence electrons. The summed E-state index contributed by atoms with van der Waals surface area (Å²) in [6.45, 7) is 0. The quantitative estimate of drug-likeness (QED) is 0.693. The van der Waals surface area contributed by atoms with Gasteiger partial charge in [-0.3, -0.25) is 0 Å². The van der Waals surface area contributed by atoms with Crippen LogP contribution in [0.25, 0.3) is 0 Å². The normalized spacial score (nSPS) is 18.4. The van der Waals surface area contributed by atoms with E-state index in [2.05, 4.69) is 17.2 Å². The highest BCUT2D eigenvalue weighted by Gasteiger charge is 2.36. The van der Waals surface area contributed by atoms with Gasteiger partial charge in [0.25, 0.3) is 0 Å². The summed E-state index contributed by atoms with van der Waals surface area (Å²) >= 11 is 0. The van der Waals surface area contributed by atoms with Crippen LogP contribution in [-0.2, 0) is 4.74 Å². The summed E-state index contributed by atoms with van der Waals surface area (Å²) in [5, 5.41) is 2.91. The van der Waals surface area contributed by atoms with Crippen molar-refractivity contribution in [1.82, 2.24) is 5.32 Å². The highest BCUT2D eigenvalue weighted by atomic mass is 16.6. The van der Waals surface area contributed by atoms with Gasteiger partial charge < -0.3 is 10.1 Å². The largest absolute Gasteiger partial charge is 0.439 e. The molecule has 0 aromatic heterocycles. The van der Waals surface area contributed by atoms with E-state index in [1.165, 1.54) is 0 Å². The van der Waals surface area contributed by atoms with E-state index in [1.807, 2.05) is 84.9 Å². The van der Waals surface area contributed by atoms with Crippen LogP contribution < -0.4 is 5.32 Å². The van der Waals surface area contributed by atoms with Crippen molar-refractivity contribution < 1.29 is 9.53 Å². The zero-order valence-electron chi connectivity index (χ0n) is 14.1. The van der Waals surface area contributed by atoms with Crippen molar-refractivity contribution in [1.29, 1.82) is 0 Å². The number of nitrogens with one attached hydrogen (secondary N) is 1. The van der Waals surface area contributed by atoms with E-state index in [0.717, 1.165) is 22.3 Å². The van der Waals surface area contributed by atoms with E-state index in [9.17, 15) is 4.79 Å². The van der Waals surface area contributed by atoms with Gasteiger partial charge >= 0.3 is 6.09 Å². The molecule has 26 heavy (non-hydrogen) atoms. The van der Waals surface area contributed by atoms with Gasteiger partial charge in [0.15, 0.2) is 6.10 Å². The second-order valence-corrected chi connectivity index (χ2v) is 6.10. The van der Waals surface area contributed by atoms with E-state index in [-0.39, 0.29) is 12.1 Å². The smallest absolute Gasteiger partial charge is 0.408 e. The van der Waals surface area contributed by atoms with Gasteiger partial charge in [-0.15, -0.1) is 0 Å². The molecule has 1 aliphatic rings. The van der Waals surface area contributed by atoms with Crippen LogP contribution in [0.3, 0.4) is 0 Å². The molecule has 0 saturated carbocycles. The first-order valence-corrected chi connectivity index (χ1v) is 8.49. The topological polar surface area (TPSA) is 38.3 Å². The van der Waals surface area contributed by atoms with Crippen LogP contribution in [0.1, 0.15) is 34.4 Å². The molecule has 3 nitrogen and oxygen atoms in total. The van der Waals surface area contributed by atoms with Crippen molar-refractivity contribution in [3.63, 3.8) is 0 Å². The summed E-state index contributed by atoms with van der Waals surface area (Å²) in [5.74, 6) is 6.35. The molecule has 1 aliphatic heterocycles. The van der Waals surface area contributed by atoms with Crippen molar-refractivity contribution in [2.75, 3.05) is 0 Å². The summed E-state index contributed by atoms with van der Waals surface area (Å²) in [6.07, 6.45) is -0.745. The number of amides is 1. The first-order chi connectivity index (χ1) is 12.8. The van der Waals surface area contributed by atoms with Gasteiger partial charge in [0.1, 0.15) is 0 Å². The molecule has 1 N–H and O–H groups in total. The third kappa shape index (κ3) is 3.45. The minimum Gasteiger partial charge on any atom is -0.439 e. The van der Waals surface area contributed by atoms with E-state index < -0.39 is 6.09 Å². The standard InChI is InChI=1S/C23H17NO2/c25-23-24-21(22(26-23)19-11-5-2-6-12-19)20-13-7-10-18(16-20)15-14-17-8-3-1-4-9-17/h1-13,16,21-22H,(H,24,25).